The van der Waals surface area contributed by atoms with Crippen molar-refractivity contribution >= 4 is 5.96 Å². The van der Waals surface area contributed by atoms with Gasteiger partial charge >= 0.3 is 0 Å². The highest BCUT2D eigenvalue weighted by Crippen LogP contribution is 2.19. The molecule has 0 radical (unpaired) electrons. The third-order valence-corrected chi connectivity index (χ3v) is 2.07. The highest BCUT2D eigenvalue weighted by molar-refractivity contribution is 5.78. The Morgan fingerprint density at radius 1 is 1.73 bits per heavy atom. The van der Waals surface area contributed by atoms with E-state index in [1.54, 1.807) is 7.05 Å². The second-order valence-corrected chi connectivity index (χ2v) is 2.86. The lowest BCUT2D eigenvalue weighted by atomic mass is 9.94. The van der Waals surface area contributed by atoms with Crippen LogP contribution in [0.1, 0.15) is 13.3 Å². The lowest BCUT2D eigenvalue weighted by molar-refractivity contribution is -0.0664. The Morgan fingerprint density at radius 2 is 2.36 bits per heavy atom. The molecule has 0 bridgehead atoms. The largest absolute Gasteiger partial charge is 0.376 e. The van der Waals surface area contributed by atoms with E-state index in [-0.39, 0.29) is 5.54 Å². The first-order valence-electron chi connectivity index (χ1n) is 3.80. The number of nitrogens with two attached hydrogens (primary N) is 1. The molecule has 1 saturated heterocycles. The Labute approximate surface area is 66.8 Å². The molecule has 1 aliphatic heterocycles. The quantitative estimate of drug-likeness (QED) is 0.427. The fourth-order valence-electron chi connectivity index (χ4n) is 1.04. The number of hydrogen-bond donors (Lipinski definition) is 2. The zero-order valence-corrected chi connectivity index (χ0v) is 7.05. The van der Waals surface area contributed by atoms with E-state index in [0.29, 0.717) is 5.96 Å². The summed E-state index contributed by atoms with van der Waals surface area (Å²) >= 11 is 0. The van der Waals surface area contributed by atoms with E-state index in [1.807, 2.05) is 0 Å². The van der Waals surface area contributed by atoms with Crippen molar-refractivity contribution in [3.8, 4) is 0 Å². The van der Waals surface area contributed by atoms with Crippen LogP contribution in [-0.2, 0) is 4.74 Å². The van der Waals surface area contributed by atoms with Crippen molar-refractivity contribution in [1.82, 2.24) is 5.32 Å². The zero-order valence-electron chi connectivity index (χ0n) is 7.05. The molecule has 0 aliphatic carbocycles. The van der Waals surface area contributed by atoms with Crippen molar-refractivity contribution in [3.05, 3.63) is 0 Å². The molecule has 4 heteroatoms. The van der Waals surface area contributed by atoms with Crippen LogP contribution < -0.4 is 11.1 Å². The predicted molar refractivity (Wildman–Crippen MR) is 44.5 cm³/mol. The second-order valence-electron chi connectivity index (χ2n) is 2.86. The van der Waals surface area contributed by atoms with E-state index in [2.05, 4.69) is 17.2 Å². The van der Waals surface area contributed by atoms with E-state index < -0.39 is 0 Å². The molecule has 0 saturated carbocycles. The van der Waals surface area contributed by atoms with Crippen LogP contribution in [0.15, 0.2) is 4.99 Å². The minimum Gasteiger partial charge on any atom is -0.376 e. The molecule has 1 fully saturated rings. The van der Waals surface area contributed by atoms with Crippen LogP contribution in [0.4, 0.5) is 0 Å². The van der Waals surface area contributed by atoms with Gasteiger partial charge in [0.05, 0.1) is 18.8 Å². The van der Waals surface area contributed by atoms with Crippen LogP contribution >= 0.6 is 0 Å². The Hall–Kier alpha value is -0.770. The smallest absolute Gasteiger partial charge is 0.188 e. The molecule has 0 amide bonds. The van der Waals surface area contributed by atoms with E-state index >= 15 is 0 Å². The first-order valence-corrected chi connectivity index (χ1v) is 3.80. The zero-order chi connectivity index (χ0) is 8.32. The van der Waals surface area contributed by atoms with Gasteiger partial charge in [0.25, 0.3) is 0 Å². The van der Waals surface area contributed by atoms with Gasteiger partial charge in [-0.25, -0.2) is 0 Å². The highest BCUT2D eigenvalue weighted by Gasteiger charge is 2.36. The van der Waals surface area contributed by atoms with Gasteiger partial charge in [0.2, 0.25) is 0 Å². The van der Waals surface area contributed by atoms with Gasteiger partial charge in [-0.1, -0.05) is 6.92 Å². The lowest BCUT2D eigenvalue weighted by Gasteiger charge is -2.41. The van der Waals surface area contributed by atoms with Crippen molar-refractivity contribution in [3.63, 3.8) is 0 Å². The topological polar surface area (TPSA) is 59.6 Å². The molecule has 1 rings (SSSR count). The SMILES string of the molecule is CCC1(NC(N)=NC)COC1. The van der Waals surface area contributed by atoms with Crippen molar-refractivity contribution in [2.75, 3.05) is 20.3 Å². The minimum absolute atomic E-state index is 0.0591. The molecule has 0 spiro atoms. The van der Waals surface area contributed by atoms with Crippen molar-refractivity contribution < 1.29 is 4.74 Å². The van der Waals surface area contributed by atoms with Crippen LogP contribution in [0.3, 0.4) is 0 Å². The third-order valence-electron chi connectivity index (χ3n) is 2.07. The fourth-order valence-corrected chi connectivity index (χ4v) is 1.04. The van der Waals surface area contributed by atoms with Gasteiger partial charge < -0.3 is 15.8 Å². The maximum absolute atomic E-state index is 5.53. The molecule has 11 heavy (non-hydrogen) atoms. The number of guanidine groups is 1. The van der Waals surface area contributed by atoms with Gasteiger partial charge in [0.15, 0.2) is 5.96 Å². The number of nitrogens with one attached hydrogen (secondary N) is 1. The fraction of sp³-hybridized carbons (Fsp3) is 0.857. The molecule has 3 N–H and O–H groups in total. The summed E-state index contributed by atoms with van der Waals surface area (Å²) in [6.45, 7) is 3.58. The molecule has 0 aromatic carbocycles. The number of rotatable bonds is 2. The summed E-state index contributed by atoms with van der Waals surface area (Å²) in [5.74, 6) is 0.496. The van der Waals surface area contributed by atoms with Crippen molar-refractivity contribution in [2.45, 2.75) is 18.9 Å². The van der Waals surface area contributed by atoms with Crippen LogP contribution in [0.5, 0.6) is 0 Å². The maximum atomic E-state index is 5.53. The van der Waals surface area contributed by atoms with E-state index in [1.165, 1.54) is 0 Å². The Balaban J connectivity index is 2.44. The van der Waals surface area contributed by atoms with E-state index in [9.17, 15) is 0 Å². The molecule has 0 aromatic rings. The molecular weight excluding hydrogens is 142 g/mol. The molecule has 64 valence electrons. The first-order chi connectivity index (χ1) is 5.22. The standard InChI is InChI=1S/C7H15N3O/c1-3-7(4-11-5-7)10-6(8)9-2/h3-5H2,1-2H3,(H3,8,9,10). The molecule has 1 heterocycles. The van der Waals surface area contributed by atoms with E-state index in [0.717, 1.165) is 19.6 Å². The van der Waals surface area contributed by atoms with Gasteiger partial charge in [-0.15, -0.1) is 0 Å². The summed E-state index contributed by atoms with van der Waals surface area (Å²) in [5.41, 5.74) is 5.59. The molecule has 4 nitrogen and oxygen atoms in total. The van der Waals surface area contributed by atoms with Crippen molar-refractivity contribution in [2.24, 2.45) is 10.7 Å². The Kier molecular flexibility index (Phi) is 2.34. The summed E-state index contributed by atoms with van der Waals surface area (Å²) in [7, 11) is 1.67. The number of hydrogen-bond acceptors (Lipinski definition) is 2. The maximum Gasteiger partial charge on any atom is 0.188 e. The summed E-state index contributed by atoms with van der Waals surface area (Å²) in [5, 5.41) is 3.13. The van der Waals surface area contributed by atoms with Crippen LogP contribution in [0.2, 0.25) is 0 Å². The molecule has 0 aromatic heterocycles. The average Bonchev–Trinajstić information content (AvgIpc) is 1.96. The highest BCUT2D eigenvalue weighted by atomic mass is 16.5. The predicted octanol–water partition coefficient (Wildman–Crippen LogP) is -0.300. The first kappa shape index (κ1) is 8.33. The molecule has 0 atom stereocenters. The van der Waals surface area contributed by atoms with Gasteiger partial charge in [-0.3, -0.25) is 4.99 Å². The van der Waals surface area contributed by atoms with Gasteiger partial charge in [-0.2, -0.15) is 0 Å². The number of aliphatic imine (C=N–C) groups is 1. The lowest BCUT2D eigenvalue weighted by Crippen LogP contribution is -2.63. The van der Waals surface area contributed by atoms with Gasteiger partial charge in [0, 0.05) is 7.05 Å². The monoisotopic (exact) mass is 157 g/mol. The summed E-state index contributed by atoms with van der Waals surface area (Å²) in [6, 6.07) is 0. The number of ether oxygens (including phenoxy) is 1. The van der Waals surface area contributed by atoms with Crippen LogP contribution in [-0.4, -0.2) is 31.8 Å². The van der Waals surface area contributed by atoms with E-state index in [4.69, 9.17) is 10.5 Å². The summed E-state index contributed by atoms with van der Waals surface area (Å²) in [6.07, 6.45) is 1.02. The third kappa shape index (κ3) is 1.63. The van der Waals surface area contributed by atoms with Crippen molar-refractivity contribution in [1.29, 1.82) is 0 Å². The molecule has 1 aliphatic rings. The van der Waals surface area contributed by atoms with Crippen LogP contribution in [0.25, 0.3) is 0 Å². The Bertz CT molecular complexity index is 158. The summed E-state index contributed by atoms with van der Waals surface area (Å²) < 4.78 is 5.10. The second kappa shape index (κ2) is 3.09. The van der Waals surface area contributed by atoms with Gasteiger partial charge in [-0.05, 0) is 6.42 Å². The summed E-state index contributed by atoms with van der Waals surface area (Å²) in [4.78, 5) is 3.83. The van der Waals surface area contributed by atoms with Gasteiger partial charge in [0.1, 0.15) is 0 Å². The minimum atomic E-state index is 0.0591. The normalized spacial score (nSPS) is 22.5. The average molecular weight is 157 g/mol. The van der Waals surface area contributed by atoms with Crippen LogP contribution in [0, 0.1) is 0 Å². The molecule has 0 unspecified atom stereocenters. The molecular formula is C7H15N3O. The number of nitrogens with zero attached hydrogens (tertiary/aromatic N) is 1. The Morgan fingerprint density at radius 3 is 2.64 bits per heavy atom.